The van der Waals surface area contributed by atoms with Crippen LogP contribution >= 0.6 is 23.2 Å². The minimum absolute atomic E-state index is 0.612. The second-order valence-electron chi connectivity index (χ2n) is 4.45. The monoisotopic (exact) mass is 282 g/mol. The van der Waals surface area contributed by atoms with E-state index in [4.69, 9.17) is 28.9 Å². The van der Waals surface area contributed by atoms with E-state index in [0.29, 0.717) is 10.0 Å². The van der Waals surface area contributed by atoms with Crippen molar-refractivity contribution in [2.24, 2.45) is 5.73 Å². The number of pyridine rings is 1. The molecule has 2 rings (SSSR count). The molecule has 0 atom stereocenters. The van der Waals surface area contributed by atoms with Crippen LogP contribution in [0.15, 0.2) is 18.2 Å². The van der Waals surface area contributed by atoms with E-state index in [1.807, 2.05) is 13.0 Å². The number of halogens is 2. The zero-order chi connectivity index (χ0) is 13.1. The number of fused-ring (bicyclic) bond motifs is 1. The molecular formula is C14H16Cl2N2. The molecule has 96 valence electrons. The fourth-order valence-corrected chi connectivity index (χ4v) is 2.67. The van der Waals surface area contributed by atoms with E-state index in [9.17, 15) is 0 Å². The number of benzene rings is 1. The summed E-state index contributed by atoms with van der Waals surface area (Å²) in [4.78, 5) is 4.49. The van der Waals surface area contributed by atoms with Gasteiger partial charge in [-0.05, 0) is 56.5 Å². The van der Waals surface area contributed by atoms with Gasteiger partial charge < -0.3 is 5.73 Å². The minimum atomic E-state index is 0.612. The standard InChI is InChI=1S/C14H16Cl2N2/c1-9-6-10(4-2-3-5-17)12-7-11(15)8-13(16)14(12)18-9/h6-8H,2-5,17H2,1H3. The smallest absolute Gasteiger partial charge is 0.0895 e. The van der Waals surface area contributed by atoms with Gasteiger partial charge in [0.05, 0.1) is 10.5 Å². The van der Waals surface area contributed by atoms with Crippen molar-refractivity contribution >= 4 is 34.1 Å². The molecule has 0 saturated heterocycles. The molecule has 0 bridgehead atoms. The Bertz CT molecular complexity index is 567. The third kappa shape index (κ3) is 2.94. The predicted molar refractivity (Wildman–Crippen MR) is 78.5 cm³/mol. The van der Waals surface area contributed by atoms with E-state index in [1.54, 1.807) is 6.07 Å². The van der Waals surface area contributed by atoms with Gasteiger partial charge in [-0.1, -0.05) is 23.2 Å². The minimum Gasteiger partial charge on any atom is -0.330 e. The van der Waals surface area contributed by atoms with E-state index < -0.39 is 0 Å². The van der Waals surface area contributed by atoms with Crippen molar-refractivity contribution in [3.63, 3.8) is 0 Å². The van der Waals surface area contributed by atoms with Crippen LogP contribution in [0.2, 0.25) is 10.0 Å². The van der Waals surface area contributed by atoms with Gasteiger partial charge in [-0.3, -0.25) is 4.98 Å². The number of aryl methyl sites for hydroxylation is 2. The molecule has 1 aromatic carbocycles. The van der Waals surface area contributed by atoms with Crippen LogP contribution in [-0.4, -0.2) is 11.5 Å². The Labute approximate surface area is 117 Å². The summed E-state index contributed by atoms with van der Waals surface area (Å²) in [5.41, 5.74) is 8.59. The second-order valence-corrected chi connectivity index (χ2v) is 5.30. The van der Waals surface area contributed by atoms with Gasteiger partial charge in [0.15, 0.2) is 0 Å². The van der Waals surface area contributed by atoms with Crippen LogP contribution < -0.4 is 5.73 Å². The van der Waals surface area contributed by atoms with E-state index in [2.05, 4.69) is 11.1 Å². The van der Waals surface area contributed by atoms with E-state index in [0.717, 1.165) is 42.4 Å². The number of hydrogen-bond acceptors (Lipinski definition) is 2. The van der Waals surface area contributed by atoms with Crippen molar-refractivity contribution in [3.8, 4) is 0 Å². The summed E-state index contributed by atoms with van der Waals surface area (Å²) >= 11 is 12.3. The maximum atomic E-state index is 6.20. The third-order valence-electron chi connectivity index (χ3n) is 2.95. The van der Waals surface area contributed by atoms with Gasteiger partial charge in [0.2, 0.25) is 0 Å². The number of rotatable bonds is 4. The lowest BCUT2D eigenvalue weighted by molar-refractivity contribution is 0.746. The average Bonchev–Trinajstić information content (AvgIpc) is 2.31. The van der Waals surface area contributed by atoms with Crippen molar-refractivity contribution in [2.75, 3.05) is 6.54 Å². The maximum Gasteiger partial charge on any atom is 0.0895 e. The van der Waals surface area contributed by atoms with E-state index in [-0.39, 0.29) is 0 Å². The van der Waals surface area contributed by atoms with Gasteiger partial charge in [-0.2, -0.15) is 0 Å². The van der Waals surface area contributed by atoms with E-state index >= 15 is 0 Å². The molecule has 1 heterocycles. The Morgan fingerprint density at radius 2 is 1.94 bits per heavy atom. The summed E-state index contributed by atoms with van der Waals surface area (Å²) in [7, 11) is 0. The Kier molecular flexibility index (Phi) is 4.44. The van der Waals surface area contributed by atoms with Crippen LogP contribution in [0.4, 0.5) is 0 Å². The van der Waals surface area contributed by atoms with Crippen LogP contribution in [0.1, 0.15) is 24.1 Å². The lowest BCUT2D eigenvalue weighted by Crippen LogP contribution is -2.00. The molecule has 0 aliphatic heterocycles. The Balaban J connectivity index is 2.50. The van der Waals surface area contributed by atoms with Crippen molar-refractivity contribution < 1.29 is 0 Å². The highest BCUT2D eigenvalue weighted by Gasteiger charge is 2.08. The molecule has 0 spiro atoms. The lowest BCUT2D eigenvalue weighted by atomic mass is 10.0. The second kappa shape index (κ2) is 5.87. The molecule has 0 unspecified atom stereocenters. The highest BCUT2D eigenvalue weighted by Crippen LogP contribution is 2.29. The van der Waals surface area contributed by atoms with Crippen LogP contribution in [0.3, 0.4) is 0 Å². The lowest BCUT2D eigenvalue weighted by Gasteiger charge is -2.09. The highest BCUT2D eigenvalue weighted by molar-refractivity contribution is 6.38. The first kappa shape index (κ1) is 13.6. The van der Waals surface area contributed by atoms with Crippen LogP contribution in [0.5, 0.6) is 0 Å². The van der Waals surface area contributed by atoms with Gasteiger partial charge in [-0.15, -0.1) is 0 Å². The van der Waals surface area contributed by atoms with Crippen LogP contribution in [0, 0.1) is 6.92 Å². The summed E-state index contributed by atoms with van der Waals surface area (Å²) in [6.45, 7) is 2.71. The third-order valence-corrected chi connectivity index (χ3v) is 3.45. The van der Waals surface area contributed by atoms with Crippen molar-refractivity contribution in [1.82, 2.24) is 4.98 Å². The SMILES string of the molecule is Cc1cc(CCCCN)c2cc(Cl)cc(Cl)c2n1. The van der Waals surface area contributed by atoms with E-state index in [1.165, 1.54) is 5.56 Å². The number of hydrogen-bond donors (Lipinski definition) is 1. The fraction of sp³-hybridized carbons (Fsp3) is 0.357. The molecule has 2 N–H and O–H groups in total. The van der Waals surface area contributed by atoms with Gasteiger partial charge in [0, 0.05) is 16.1 Å². The average molecular weight is 283 g/mol. The number of nitrogens with two attached hydrogens (primary N) is 1. The highest BCUT2D eigenvalue weighted by atomic mass is 35.5. The topological polar surface area (TPSA) is 38.9 Å². The van der Waals surface area contributed by atoms with Crippen molar-refractivity contribution in [1.29, 1.82) is 0 Å². The maximum absolute atomic E-state index is 6.20. The number of aromatic nitrogens is 1. The summed E-state index contributed by atoms with van der Waals surface area (Å²) in [6.07, 6.45) is 3.07. The predicted octanol–water partition coefficient (Wildman–Crippen LogP) is 4.13. The van der Waals surface area contributed by atoms with Gasteiger partial charge in [0.1, 0.15) is 0 Å². The number of nitrogens with zero attached hydrogens (tertiary/aromatic N) is 1. The molecular weight excluding hydrogens is 267 g/mol. The first-order chi connectivity index (χ1) is 8.61. The Morgan fingerprint density at radius 3 is 2.67 bits per heavy atom. The van der Waals surface area contributed by atoms with Gasteiger partial charge >= 0.3 is 0 Å². The van der Waals surface area contributed by atoms with Crippen LogP contribution in [0.25, 0.3) is 10.9 Å². The zero-order valence-corrected chi connectivity index (χ0v) is 11.9. The molecule has 2 aromatic rings. The Morgan fingerprint density at radius 1 is 1.17 bits per heavy atom. The molecule has 0 aliphatic rings. The normalized spacial score (nSPS) is 11.1. The molecule has 0 saturated carbocycles. The summed E-state index contributed by atoms with van der Waals surface area (Å²) in [5, 5.41) is 2.31. The molecule has 0 amide bonds. The summed E-state index contributed by atoms with van der Waals surface area (Å²) in [6, 6.07) is 5.78. The molecule has 2 nitrogen and oxygen atoms in total. The molecule has 0 aliphatic carbocycles. The quantitative estimate of drug-likeness (QED) is 0.857. The first-order valence-electron chi connectivity index (χ1n) is 6.07. The molecule has 18 heavy (non-hydrogen) atoms. The molecule has 1 aromatic heterocycles. The first-order valence-corrected chi connectivity index (χ1v) is 6.82. The fourth-order valence-electron chi connectivity index (χ4n) is 2.13. The largest absolute Gasteiger partial charge is 0.330 e. The zero-order valence-electron chi connectivity index (χ0n) is 10.3. The molecule has 0 fully saturated rings. The van der Waals surface area contributed by atoms with Crippen molar-refractivity contribution in [3.05, 3.63) is 39.5 Å². The van der Waals surface area contributed by atoms with Crippen LogP contribution in [-0.2, 0) is 6.42 Å². The van der Waals surface area contributed by atoms with Crippen molar-refractivity contribution in [2.45, 2.75) is 26.2 Å². The number of unbranched alkanes of at least 4 members (excludes halogenated alkanes) is 1. The summed E-state index contributed by atoms with van der Waals surface area (Å²) in [5.74, 6) is 0. The molecule has 4 heteroatoms. The van der Waals surface area contributed by atoms with Gasteiger partial charge in [0.25, 0.3) is 0 Å². The Hall–Kier alpha value is -0.830. The van der Waals surface area contributed by atoms with Gasteiger partial charge in [-0.25, -0.2) is 0 Å². The summed E-state index contributed by atoms with van der Waals surface area (Å²) < 4.78 is 0. The molecule has 0 radical (unpaired) electrons.